The van der Waals surface area contributed by atoms with Crippen molar-refractivity contribution in [3.05, 3.63) is 76.4 Å². The van der Waals surface area contributed by atoms with Crippen LogP contribution in [0.25, 0.3) is 11.1 Å². The molecule has 2 N–H and O–H groups in total. The minimum atomic E-state index is -0.900. The predicted molar refractivity (Wildman–Crippen MR) is 240 cm³/mol. The summed E-state index contributed by atoms with van der Waals surface area (Å²) in [6, 6.07) is 6.97. The van der Waals surface area contributed by atoms with Crippen molar-refractivity contribution in [2.45, 2.75) is 125 Å². The number of nitrogens with zero attached hydrogens (tertiary/aromatic N) is 5. The van der Waals surface area contributed by atoms with Crippen LogP contribution < -0.4 is 10.6 Å². The average Bonchev–Trinajstić information content (AvgIpc) is 3.13. The number of ether oxygens (including phenoxy) is 4. The fourth-order valence-electron chi connectivity index (χ4n) is 6.25. The van der Waals surface area contributed by atoms with Crippen molar-refractivity contribution in [1.29, 1.82) is 0 Å². The van der Waals surface area contributed by atoms with Gasteiger partial charge in [0.2, 0.25) is 5.96 Å². The van der Waals surface area contributed by atoms with Gasteiger partial charge in [0.05, 0.1) is 5.56 Å². The highest BCUT2D eigenvalue weighted by Gasteiger charge is 2.30. The lowest BCUT2D eigenvalue weighted by Gasteiger charge is -2.35. The smallest absolute Gasteiger partial charge is 0.437 e. The summed E-state index contributed by atoms with van der Waals surface area (Å²) in [6.45, 7) is 22.9. The summed E-state index contributed by atoms with van der Waals surface area (Å²) in [7, 11) is 0. The molecule has 0 bridgehead atoms. The zero-order chi connectivity index (χ0) is 47.9. The number of aryl methyl sites for hydroxylation is 1. The molecule has 64 heavy (non-hydrogen) atoms. The van der Waals surface area contributed by atoms with Crippen LogP contribution in [0.15, 0.2) is 52.5 Å². The highest BCUT2D eigenvalue weighted by molar-refractivity contribution is 6.05. The molecule has 348 valence electrons. The number of hydrogen-bond donors (Lipinski definition) is 2. The second-order valence-electron chi connectivity index (χ2n) is 19.2. The van der Waals surface area contributed by atoms with E-state index in [-0.39, 0.29) is 43.4 Å². The molecule has 0 fully saturated rings. The molecule has 18 heteroatoms. The molecule has 0 atom stereocenters. The van der Waals surface area contributed by atoms with E-state index in [0.717, 1.165) is 16.9 Å². The van der Waals surface area contributed by atoms with Crippen molar-refractivity contribution in [2.24, 2.45) is 9.98 Å². The van der Waals surface area contributed by atoms with Crippen LogP contribution in [-0.2, 0) is 18.9 Å². The second kappa shape index (κ2) is 20.1. The fourth-order valence-corrected chi connectivity index (χ4v) is 6.25. The summed E-state index contributed by atoms with van der Waals surface area (Å²) < 4.78 is 52.8. The van der Waals surface area contributed by atoms with Gasteiger partial charge in [0.15, 0.2) is 0 Å². The molecule has 2 aromatic rings. The Morgan fingerprint density at radius 2 is 1.31 bits per heavy atom. The van der Waals surface area contributed by atoms with Crippen LogP contribution in [-0.4, -0.2) is 106 Å². The van der Waals surface area contributed by atoms with Crippen molar-refractivity contribution in [2.75, 3.05) is 31.5 Å². The van der Waals surface area contributed by atoms with Gasteiger partial charge in [-0.15, -0.1) is 4.99 Å². The number of carbonyl (C=O) groups excluding carboxylic acids is 5. The maximum absolute atomic E-state index is 15.7. The molecule has 0 radical (unpaired) electrons. The Morgan fingerprint density at radius 1 is 0.719 bits per heavy atom. The maximum Gasteiger partial charge on any atom is 0.437 e. The lowest BCUT2D eigenvalue weighted by molar-refractivity contribution is -0.00946. The highest BCUT2D eigenvalue weighted by Crippen LogP contribution is 2.31. The number of benzene rings is 2. The molecule has 0 saturated carbocycles. The van der Waals surface area contributed by atoms with E-state index in [0.29, 0.717) is 35.1 Å². The third-order valence-electron chi connectivity index (χ3n) is 8.94. The van der Waals surface area contributed by atoms with Gasteiger partial charge in [-0.1, -0.05) is 18.2 Å². The summed E-state index contributed by atoms with van der Waals surface area (Å²) in [4.78, 5) is 73.4. The van der Waals surface area contributed by atoms with Gasteiger partial charge >= 0.3 is 24.4 Å². The van der Waals surface area contributed by atoms with Gasteiger partial charge in [-0.2, -0.15) is 10.0 Å². The zero-order valence-electron chi connectivity index (χ0n) is 39.0. The lowest BCUT2D eigenvalue weighted by atomic mass is 9.96. The summed E-state index contributed by atoms with van der Waals surface area (Å²) in [5.74, 6) is -2.25. The molecule has 2 heterocycles. The molecule has 4 rings (SSSR count). The Morgan fingerprint density at radius 3 is 1.86 bits per heavy atom. The highest BCUT2D eigenvalue weighted by atomic mass is 19.1. The van der Waals surface area contributed by atoms with Gasteiger partial charge in [-0.25, -0.2) is 33.0 Å². The molecule has 2 aromatic carbocycles. The van der Waals surface area contributed by atoms with Gasteiger partial charge in [0, 0.05) is 37.4 Å². The van der Waals surface area contributed by atoms with Crippen molar-refractivity contribution < 1.29 is 51.7 Å². The van der Waals surface area contributed by atoms with Gasteiger partial charge in [0.1, 0.15) is 40.4 Å². The Bertz CT molecular complexity index is 2240. The van der Waals surface area contributed by atoms with E-state index in [1.807, 2.05) is 0 Å². The van der Waals surface area contributed by atoms with Crippen molar-refractivity contribution >= 4 is 59.4 Å². The molecular weight excluding hydrogens is 833 g/mol. The SMILES string of the molecule is Cc1cc(C2=CCN(N(/C=N/C(=O)OC(C)(C)C)C(=O)OC(C)(C)C)CC2)c(F)cc1NC(=O)c1ccc(C2=CCN(/C(=N/C(=O)OC(C)(C)C)NC(=O)OC(C)(C)C)CC2)cc1F. The van der Waals surface area contributed by atoms with Crippen molar-refractivity contribution in [3.63, 3.8) is 0 Å². The van der Waals surface area contributed by atoms with E-state index in [1.165, 1.54) is 18.2 Å². The number of halogens is 2. The minimum Gasteiger partial charge on any atom is -0.444 e. The number of carbonyl (C=O) groups is 5. The van der Waals surface area contributed by atoms with Gasteiger partial charge < -0.3 is 29.2 Å². The molecule has 0 unspecified atom stereocenters. The third-order valence-corrected chi connectivity index (χ3v) is 8.94. The van der Waals surface area contributed by atoms with Crippen LogP contribution in [0.4, 0.5) is 33.6 Å². The minimum absolute atomic E-state index is 0.0651. The van der Waals surface area contributed by atoms with Crippen molar-refractivity contribution in [3.8, 4) is 0 Å². The maximum atomic E-state index is 15.7. The lowest BCUT2D eigenvalue weighted by Crippen LogP contribution is -2.49. The van der Waals surface area contributed by atoms with E-state index in [1.54, 1.807) is 124 Å². The number of amides is 5. The number of hydrogen-bond acceptors (Lipinski definition) is 10. The summed E-state index contributed by atoms with van der Waals surface area (Å²) in [5.41, 5.74) is -0.603. The first-order valence-electron chi connectivity index (χ1n) is 20.9. The Hall–Kier alpha value is -6.17. The third kappa shape index (κ3) is 15.6. The van der Waals surface area contributed by atoms with Crippen LogP contribution in [0, 0.1) is 18.6 Å². The quantitative estimate of drug-likeness (QED) is 0.160. The van der Waals surface area contributed by atoms with Crippen LogP contribution in [0.1, 0.15) is 123 Å². The molecule has 2 aliphatic heterocycles. The van der Waals surface area contributed by atoms with Crippen LogP contribution in [0.5, 0.6) is 0 Å². The van der Waals surface area contributed by atoms with Gasteiger partial charge in [-0.05, 0) is 149 Å². The normalized spacial score (nSPS) is 15.5. The Balaban J connectivity index is 1.46. The van der Waals surface area contributed by atoms with Crippen LogP contribution >= 0.6 is 0 Å². The number of alkyl carbamates (subject to hydrolysis) is 1. The fraction of sp³-hybridized carbons (Fsp3) is 0.500. The predicted octanol–water partition coefficient (Wildman–Crippen LogP) is 9.64. The van der Waals surface area contributed by atoms with E-state index >= 15 is 8.78 Å². The van der Waals surface area contributed by atoms with Gasteiger partial charge in [0.25, 0.3) is 5.91 Å². The van der Waals surface area contributed by atoms with E-state index < -0.39 is 64.3 Å². The number of aliphatic imine (C=N–C) groups is 2. The number of rotatable bonds is 6. The summed E-state index contributed by atoms with van der Waals surface area (Å²) >= 11 is 0. The van der Waals surface area contributed by atoms with Crippen LogP contribution in [0.2, 0.25) is 0 Å². The van der Waals surface area contributed by atoms with E-state index in [4.69, 9.17) is 18.9 Å². The van der Waals surface area contributed by atoms with Crippen LogP contribution in [0.3, 0.4) is 0 Å². The van der Waals surface area contributed by atoms with E-state index in [2.05, 4.69) is 20.6 Å². The molecule has 0 aromatic heterocycles. The monoisotopic (exact) mass is 893 g/mol. The molecule has 0 aliphatic carbocycles. The number of hydrazine groups is 1. The second-order valence-corrected chi connectivity index (χ2v) is 19.2. The molecule has 16 nitrogen and oxygen atoms in total. The molecule has 0 spiro atoms. The topological polar surface area (TPSA) is 181 Å². The zero-order valence-corrected chi connectivity index (χ0v) is 39.0. The first-order chi connectivity index (χ1) is 29.5. The largest absolute Gasteiger partial charge is 0.444 e. The molecule has 0 saturated heterocycles. The standard InChI is InChI=1S/C46H61F2N7O9/c1-28-24-33(30-18-22-54(23-19-30)55(42(60)64-46(11,12)13)27-49-39(57)61-43(2,3)4)35(48)26-36(28)50-37(56)32-15-14-31(25-34(32)47)29-16-20-53(21-17-29)38(51-40(58)62-44(5,6)7)52-41(59)63-45(8,9)10/h14-16,18,24-27H,17,19-23H2,1-13H3,(H,50,56)(H,51,52,58,59)/b49-27+. The number of anilines is 1. The van der Waals surface area contributed by atoms with E-state index in [9.17, 15) is 24.0 Å². The summed E-state index contributed by atoms with van der Waals surface area (Å²) in [6.07, 6.45) is 1.89. The van der Waals surface area contributed by atoms with Crippen molar-refractivity contribution in [1.82, 2.24) is 20.2 Å². The molecule has 5 amide bonds. The first kappa shape index (κ1) is 50.5. The molecule has 2 aliphatic rings. The number of nitrogens with one attached hydrogen (secondary N) is 2. The molecular formula is C46H61F2N7O9. The average molecular weight is 894 g/mol. The first-order valence-corrected chi connectivity index (χ1v) is 20.9. The Labute approximate surface area is 373 Å². The van der Waals surface area contributed by atoms with Gasteiger partial charge in [-0.3, -0.25) is 10.1 Å². The number of guanidine groups is 1. The summed E-state index contributed by atoms with van der Waals surface area (Å²) in [5, 5.41) is 7.85. The Kier molecular flexibility index (Phi) is 15.9.